The van der Waals surface area contributed by atoms with Crippen LogP contribution in [-0.4, -0.2) is 18.4 Å². The van der Waals surface area contributed by atoms with E-state index in [2.05, 4.69) is 117 Å². The van der Waals surface area contributed by atoms with E-state index in [1.807, 2.05) is 0 Å². The van der Waals surface area contributed by atoms with E-state index in [1.54, 1.807) is 0 Å². The Balaban J connectivity index is 1.42. The van der Waals surface area contributed by atoms with Gasteiger partial charge in [-0.25, -0.2) is 0 Å². The Labute approximate surface area is 264 Å². The molecule has 0 N–H and O–H groups in total. The third-order valence-corrected chi connectivity index (χ3v) is 17.1. The zero-order chi connectivity index (χ0) is 29.9. The van der Waals surface area contributed by atoms with Crippen molar-refractivity contribution in [2.24, 2.45) is 0 Å². The fourth-order valence-corrected chi connectivity index (χ4v) is 13.8. The summed E-state index contributed by atoms with van der Waals surface area (Å²) < 4.78 is 12.6. The molecule has 0 aliphatic carbocycles. The monoisotopic (exact) mass is 670 g/mol. The predicted octanol–water partition coefficient (Wildman–Crippen LogP) is 11.7. The van der Waals surface area contributed by atoms with Gasteiger partial charge in [0.2, 0.25) is 0 Å². The summed E-state index contributed by atoms with van der Waals surface area (Å²) in [5, 5.41) is 11.0. The average Bonchev–Trinajstić information content (AvgIpc) is 3.04. The molecule has 5 aromatic carbocycles. The van der Waals surface area contributed by atoms with Crippen molar-refractivity contribution in [2.45, 2.75) is 102 Å². The summed E-state index contributed by atoms with van der Waals surface area (Å²) in [5.74, 6) is 10.7. The van der Waals surface area contributed by atoms with Crippen LogP contribution < -0.4 is 0 Å². The minimum absolute atomic E-state index is 0.986. The SMILES string of the molecule is CCCCC#[C][Sn]([C]#CCCCC)([C]#CCCCC)[CH2]CCCc1ccc2c3cccc4cccc(c5cccc1c52)c43. The van der Waals surface area contributed by atoms with Crippen molar-refractivity contribution in [1.29, 1.82) is 0 Å². The third-order valence-electron chi connectivity index (χ3n) is 8.74. The van der Waals surface area contributed by atoms with Crippen LogP contribution in [0.3, 0.4) is 0 Å². The number of aryl methyl sites for hydroxylation is 1. The number of hydrogen-bond donors (Lipinski definition) is 0. The molecule has 0 atom stereocenters. The van der Waals surface area contributed by atoms with Crippen molar-refractivity contribution in [3.05, 3.63) is 72.3 Å². The van der Waals surface area contributed by atoms with Gasteiger partial charge in [0.25, 0.3) is 0 Å². The van der Waals surface area contributed by atoms with Gasteiger partial charge in [-0.3, -0.25) is 0 Å². The predicted molar refractivity (Wildman–Crippen MR) is 193 cm³/mol. The summed E-state index contributed by atoms with van der Waals surface area (Å²) in [4.78, 5) is 0. The van der Waals surface area contributed by atoms with Crippen LogP contribution in [0.2, 0.25) is 4.44 Å². The Morgan fingerprint density at radius 1 is 0.488 bits per heavy atom. The van der Waals surface area contributed by atoms with Crippen molar-refractivity contribution < 1.29 is 0 Å². The molecular formula is C42H46Sn. The normalized spacial score (nSPS) is 11.3. The second kappa shape index (κ2) is 15.6. The summed E-state index contributed by atoms with van der Waals surface area (Å²) >= 11 is -3.22. The fourth-order valence-electron chi connectivity index (χ4n) is 6.35. The standard InChI is InChI=1S/C24H19.3C6H9.Sn/c1-2-3-7-16-14-15-22-20-12-5-9-17-8-4-11-19(23(17)20)21-13-6-10-18(16)24(21)22;3*1-3-5-6-4-2;/h4-6,8-15H,1-3,7H2;3*3,5-6H2,1H3;. The van der Waals surface area contributed by atoms with Crippen molar-refractivity contribution >= 4 is 61.5 Å². The second-order valence-electron chi connectivity index (χ2n) is 12.0. The van der Waals surface area contributed by atoms with E-state index in [1.165, 1.54) is 87.2 Å². The van der Waals surface area contributed by atoms with Gasteiger partial charge in [0, 0.05) is 0 Å². The fraction of sp³-hybridized carbons (Fsp3) is 0.381. The van der Waals surface area contributed by atoms with Gasteiger partial charge in [0.15, 0.2) is 0 Å². The first-order chi connectivity index (χ1) is 21.2. The zero-order valence-corrected chi connectivity index (χ0v) is 29.4. The minimum atomic E-state index is -3.22. The Morgan fingerprint density at radius 3 is 1.53 bits per heavy atom. The number of fused-ring (bicyclic) bond motifs is 2. The molecule has 0 heterocycles. The Hall–Kier alpha value is -3.12. The number of rotatable bonds is 11. The molecule has 0 fully saturated rings. The third kappa shape index (κ3) is 7.34. The van der Waals surface area contributed by atoms with Crippen LogP contribution in [0.25, 0.3) is 43.1 Å². The molecule has 43 heavy (non-hydrogen) atoms. The Kier molecular flexibility index (Phi) is 11.3. The Bertz CT molecular complexity index is 1740. The zero-order valence-electron chi connectivity index (χ0n) is 26.5. The molecular weight excluding hydrogens is 623 g/mol. The first-order valence-corrected chi connectivity index (χ1v) is 23.1. The van der Waals surface area contributed by atoms with E-state index in [0.29, 0.717) is 0 Å². The number of hydrogen-bond acceptors (Lipinski definition) is 0. The molecule has 0 amide bonds. The van der Waals surface area contributed by atoms with Crippen molar-refractivity contribution in [3.8, 4) is 29.6 Å². The van der Waals surface area contributed by atoms with Crippen molar-refractivity contribution in [1.82, 2.24) is 0 Å². The quantitative estimate of drug-likeness (QED) is 0.0432. The second-order valence-corrected chi connectivity index (χ2v) is 20.8. The van der Waals surface area contributed by atoms with Crippen LogP contribution in [0.4, 0.5) is 0 Å². The van der Waals surface area contributed by atoms with E-state index in [9.17, 15) is 0 Å². The molecule has 0 saturated carbocycles. The van der Waals surface area contributed by atoms with Gasteiger partial charge < -0.3 is 0 Å². The molecule has 5 rings (SSSR count). The van der Waals surface area contributed by atoms with Crippen LogP contribution in [0, 0.1) is 29.6 Å². The topological polar surface area (TPSA) is 0 Å². The summed E-state index contributed by atoms with van der Waals surface area (Å²) in [6, 6.07) is 25.2. The van der Waals surface area contributed by atoms with Gasteiger partial charge in [-0.05, 0) is 0 Å². The van der Waals surface area contributed by atoms with Crippen LogP contribution >= 0.6 is 0 Å². The molecule has 0 aliphatic heterocycles. The molecule has 0 nitrogen and oxygen atoms in total. The van der Waals surface area contributed by atoms with E-state index in [0.717, 1.165) is 43.0 Å². The number of unbranched alkanes of at least 4 members (excludes halogenated alkanes) is 7. The number of benzene rings is 5. The van der Waals surface area contributed by atoms with Gasteiger partial charge in [0.1, 0.15) is 0 Å². The van der Waals surface area contributed by atoms with Crippen molar-refractivity contribution in [3.63, 3.8) is 0 Å². The van der Waals surface area contributed by atoms with Gasteiger partial charge in [0.05, 0.1) is 0 Å². The van der Waals surface area contributed by atoms with Crippen molar-refractivity contribution in [2.75, 3.05) is 0 Å². The molecule has 1 heteroatoms. The van der Waals surface area contributed by atoms with E-state index >= 15 is 0 Å². The molecule has 0 bridgehead atoms. The van der Waals surface area contributed by atoms with E-state index in [-0.39, 0.29) is 0 Å². The maximum atomic E-state index is 3.81. The maximum absolute atomic E-state index is 3.81. The average molecular weight is 670 g/mol. The van der Waals surface area contributed by atoms with E-state index < -0.39 is 18.4 Å². The summed E-state index contributed by atoms with van der Waals surface area (Å²) in [6.45, 7) is 6.73. The first-order valence-electron chi connectivity index (χ1n) is 16.8. The van der Waals surface area contributed by atoms with Crippen LogP contribution in [0.15, 0.2) is 66.7 Å². The summed E-state index contributed by atoms with van der Waals surface area (Å²) in [5.41, 5.74) is 1.46. The molecule has 0 spiro atoms. The van der Waals surface area contributed by atoms with Gasteiger partial charge in [-0.1, -0.05) is 0 Å². The van der Waals surface area contributed by atoms with Gasteiger partial charge in [-0.2, -0.15) is 0 Å². The van der Waals surface area contributed by atoms with Gasteiger partial charge >= 0.3 is 266 Å². The summed E-state index contributed by atoms with van der Waals surface area (Å²) in [6.07, 6.45) is 13.5. The molecule has 0 radical (unpaired) electrons. The molecule has 0 aromatic heterocycles. The van der Waals surface area contributed by atoms with Crippen LogP contribution in [0.1, 0.15) is 97.0 Å². The molecule has 0 saturated heterocycles. The summed E-state index contributed by atoms with van der Waals surface area (Å²) in [7, 11) is 0. The Morgan fingerprint density at radius 2 is 0.977 bits per heavy atom. The van der Waals surface area contributed by atoms with E-state index in [4.69, 9.17) is 0 Å². The van der Waals surface area contributed by atoms with Crippen LogP contribution in [-0.2, 0) is 6.42 Å². The van der Waals surface area contributed by atoms with Gasteiger partial charge in [-0.15, -0.1) is 0 Å². The molecule has 5 aromatic rings. The van der Waals surface area contributed by atoms with Crippen LogP contribution in [0.5, 0.6) is 0 Å². The first kappa shape index (κ1) is 31.3. The molecule has 0 aliphatic rings. The molecule has 0 unspecified atom stereocenters. The molecule has 218 valence electrons.